The topological polar surface area (TPSA) is 42.0 Å². The Morgan fingerprint density at radius 3 is 2.71 bits per heavy atom. The first-order valence-electron chi connectivity index (χ1n) is 6.79. The van der Waals surface area contributed by atoms with Crippen LogP contribution in [0.25, 0.3) is 0 Å². The number of nitrogens with zero attached hydrogens (tertiary/aromatic N) is 1. The predicted octanol–water partition coefficient (Wildman–Crippen LogP) is 4.20. The minimum atomic E-state index is -0.438. The summed E-state index contributed by atoms with van der Waals surface area (Å²) in [6, 6.07) is 3.43. The maximum absolute atomic E-state index is 13.9. The number of aromatic nitrogens is 1. The van der Waals surface area contributed by atoms with Crippen molar-refractivity contribution >= 4 is 17.5 Å². The molecule has 1 heterocycles. The zero-order valence-corrected chi connectivity index (χ0v) is 13.5. The fourth-order valence-electron chi connectivity index (χ4n) is 1.69. The first-order valence-corrected chi connectivity index (χ1v) is 7.16. The van der Waals surface area contributed by atoms with Crippen molar-refractivity contribution < 1.29 is 9.18 Å². The molecule has 0 atom stereocenters. The third-order valence-corrected chi connectivity index (χ3v) is 3.54. The molecule has 1 amide bonds. The number of carbonyl (C=O) groups is 1. The third kappa shape index (κ3) is 4.97. The normalized spacial score (nSPS) is 13.2. The molecule has 1 aromatic heterocycles. The van der Waals surface area contributed by atoms with Crippen molar-refractivity contribution in [3.05, 3.63) is 52.2 Å². The van der Waals surface area contributed by atoms with Gasteiger partial charge in [0, 0.05) is 6.20 Å². The van der Waals surface area contributed by atoms with E-state index in [9.17, 15) is 9.18 Å². The van der Waals surface area contributed by atoms with Gasteiger partial charge in [0.25, 0.3) is 0 Å². The number of amides is 1. The first-order chi connectivity index (χ1) is 9.86. The van der Waals surface area contributed by atoms with Crippen molar-refractivity contribution in [1.29, 1.82) is 0 Å². The van der Waals surface area contributed by atoms with Crippen molar-refractivity contribution in [3.8, 4) is 0 Å². The lowest BCUT2D eigenvalue weighted by molar-refractivity contribution is -0.119. The molecular weight excluding hydrogens is 291 g/mol. The Morgan fingerprint density at radius 2 is 2.19 bits per heavy atom. The van der Waals surface area contributed by atoms with Crippen LogP contribution < -0.4 is 5.32 Å². The maximum atomic E-state index is 13.9. The van der Waals surface area contributed by atoms with Gasteiger partial charge in [0.05, 0.1) is 12.1 Å². The second-order valence-electron chi connectivity index (χ2n) is 5.03. The van der Waals surface area contributed by atoms with E-state index in [0.29, 0.717) is 5.56 Å². The van der Waals surface area contributed by atoms with Crippen LogP contribution in [0.3, 0.4) is 0 Å². The molecule has 0 bridgehead atoms. The van der Waals surface area contributed by atoms with E-state index in [2.05, 4.69) is 10.3 Å². The summed E-state index contributed by atoms with van der Waals surface area (Å²) in [6.07, 6.45) is 2.94. The molecule has 0 unspecified atom stereocenters. The number of halogens is 2. The highest BCUT2D eigenvalue weighted by molar-refractivity contribution is 6.30. The van der Waals surface area contributed by atoms with Crippen molar-refractivity contribution in [2.75, 3.05) is 0 Å². The van der Waals surface area contributed by atoms with E-state index in [-0.39, 0.29) is 29.1 Å². The smallest absolute Gasteiger partial charge is 0.228 e. The Labute approximate surface area is 129 Å². The van der Waals surface area contributed by atoms with Gasteiger partial charge in [0.15, 0.2) is 0 Å². The van der Waals surface area contributed by atoms with Crippen molar-refractivity contribution in [2.45, 2.75) is 34.1 Å². The quantitative estimate of drug-likeness (QED) is 0.654. The highest BCUT2D eigenvalue weighted by atomic mass is 35.5. The fraction of sp³-hybridized carbons (Fsp3) is 0.375. The molecule has 0 saturated carbocycles. The molecule has 1 rings (SSSR count). The van der Waals surface area contributed by atoms with Gasteiger partial charge in [0.2, 0.25) is 5.91 Å². The Kier molecular flexibility index (Phi) is 6.56. The van der Waals surface area contributed by atoms with Crippen molar-refractivity contribution in [2.24, 2.45) is 5.92 Å². The molecule has 1 aromatic rings. The van der Waals surface area contributed by atoms with E-state index >= 15 is 0 Å². The molecule has 0 fully saturated rings. The Morgan fingerprint density at radius 1 is 1.52 bits per heavy atom. The lowest BCUT2D eigenvalue weighted by Gasteiger charge is -2.15. The molecule has 0 aliphatic rings. The number of carbonyl (C=O) groups excluding carboxylic acids is 1. The van der Waals surface area contributed by atoms with Crippen LogP contribution in [0.15, 0.2) is 41.5 Å². The van der Waals surface area contributed by atoms with Crippen LogP contribution >= 0.6 is 11.6 Å². The van der Waals surface area contributed by atoms with Gasteiger partial charge in [-0.3, -0.25) is 4.79 Å². The summed E-state index contributed by atoms with van der Waals surface area (Å²) >= 11 is 5.92. The Bertz CT molecular complexity index is 579. The Balaban J connectivity index is 2.93. The van der Waals surface area contributed by atoms with Crippen LogP contribution in [0.2, 0.25) is 5.15 Å². The highest BCUT2D eigenvalue weighted by Crippen LogP contribution is 2.20. The number of allylic oxidation sites excluding steroid dienone is 3. The monoisotopic (exact) mass is 310 g/mol. The lowest BCUT2D eigenvalue weighted by atomic mass is 10.0. The van der Waals surface area contributed by atoms with Gasteiger partial charge in [-0.05, 0) is 43.0 Å². The standard InChI is InChI=1S/C16H20ClFN2O/c1-5-13(18)15(11(4)10(2)3)20-14(21)9-12-7-6-8-19-16(12)17/h5-8,10H,9H2,1-4H3,(H,20,21)/b13-5+,15-11+. The van der Waals surface area contributed by atoms with Crippen LogP contribution in [0, 0.1) is 5.92 Å². The van der Waals surface area contributed by atoms with Gasteiger partial charge in [-0.15, -0.1) is 0 Å². The van der Waals surface area contributed by atoms with Gasteiger partial charge in [-0.2, -0.15) is 0 Å². The molecule has 21 heavy (non-hydrogen) atoms. The molecule has 1 N–H and O–H groups in total. The first kappa shape index (κ1) is 17.4. The largest absolute Gasteiger partial charge is 0.323 e. The van der Waals surface area contributed by atoms with Crippen LogP contribution in [-0.2, 0) is 11.2 Å². The van der Waals surface area contributed by atoms with E-state index in [0.717, 1.165) is 5.57 Å². The number of nitrogens with one attached hydrogen (secondary N) is 1. The molecule has 0 aromatic carbocycles. The SMILES string of the molecule is C/C=C(F)\C(NC(=O)Cc1cccnc1Cl)=C(\C)C(C)C. The summed E-state index contributed by atoms with van der Waals surface area (Å²) in [5.41, 5.74) is 1.63. The summed E-state index contributed by atoms with van der Waals surface area (Å²) < 4.78 is 13.9. The van der Waals surface area contributed by atoms with Crippen LogP contribution in [-0.4, -0.2) is 10.9 Å². The van der Waals surface area contributed by atoms with Gasteiger partial charge in [-0.1, -0.05) is 31.5 Å². The number of pyridine rings is 1. The summed E-state index contributed by atoms with van der Waals surface area (Å²) in [5, 5.41) is 2.92. The summed E-state index contributed by atoms with van der Waals surface area (Å²) in [5.74, 6) is -0.628. The molecular formula is C16H20ClFN2O. The van der Waals surface area contributed by atoms with Gasteiger partial charge < -0.3 is 5.32 Å². The second-order valence-corrected chi connectivity index (χ2v) is 5.39. The summed E-state index contributed by atoms with van der Waals surface area (Å²) in [4.78, 5) is 16.0. The minimum Gasteiger partial charge on any atom is -0.323 e. The third-order valence-electron chi connectivity index (χ3n) is 3.20. The van der Waals surface area contributed by atoms with Crippen molar-refractivity contribution in [3.63, 3.8) is 0 Å². The average Bonchev–Trinajstić information content (AvgIpc) is 2.45. The molecule has 0 aliphatic heterocycles. The van der Waals surface area contributed by atoms with E-state index in [4.69, 9.17) is 11.6 Å². The summed E-state index contributed by atoms with van der Waals surface area (Å²) in [7, 11) is 0. The molecule has 114 valence electrons. The maximum Gasteiger partial charge on any atom is 0.228 e. The Hall–Kier alpha value is -1.68. The van der Waals surface area contributed by atoms with Gasteiger partial charge >= 0.3 is 0 Å². The molecule has 0 spiro atoms. The zero-order valence-electron chi connectivity index (χ0n) is 12.7. The zero-order chi connectivity index (χ0) is 16.0. The fourth-order valence-corrected chi connectivity index (χ4v) is 1.87. The van der Waals surface area contributed by atoms with Crippen LogP contribution in [0.5, 0.6) is 0 Å². The van der Waals surface area contributed by atoms with E-state index in [1.807, 2.05) is 13.8 Å². The number of rotatable bonds is 5. The molecule has 0 radical (unpaired) electrons. The molecule has 0 saturated heterocycles. The van der Waals surface area contributed by atoms with E-state index in [1.54, 1.807) is 32.2 Å². The molecule has 3 nitrogen and oxygen atoms in total. The lowest BCUT2D eigenvalue weighted by Crippen LogP contribution is -2.26. The molecule has 5 heteroatoms. The van der Waals surface area contributed by atoms with Crippen LogP contribution in [0.1, 0.15) is 33.3 Å². The summed E-state index contributed by atoms with van der Waals surface area (Å²) in [6.45, 7) is 7.29. The highest BCUT2D eigenvalue weighted by Gasteiger charge is 2.15. The molecule has 0 aliphatic carbocycles. The predicted molar refractivity (Wildman–Crippen MR) is 83.5 cm³/mol. The van der Waals surface area contributed by atoms with Crippen molar-refractivity contribution in [1.82, 2.24) is 10.3 Å². The van der Waals surface area contributed by atoms with E-state index < -0.39 is 5.83 Å². The number of hydrogen-bond acceptors (Lipinski definition) is 2. The van der Waals surface area contributed by atoms with Gasteiger partial charge in [-0.25, -0.2) is 9.37 Å². The minimum absolute atomic E-state index is 0.0541. The second kappa shape index (κ2) is 7.93. The van der Waals surface area contributed by atoms with Crippen LogP contribution in [0.4, 0.5) is 4.39 Å². The van der Waals surface area contributed by atoms with E-state index in [1.165, 1.54) is 6.08 Å². The average molecular weight is 311 g/mol. The number of hydrogen-bond donors (Lipinski definition) is 1. The van der Waals surface area contributed by atoms with Gasteiger partial charge in [0.1, 0.15) is 11.0 Å².